The highest BCUT2D eigenvalue weighted by Gasteiger charge is 2.28. The second-order valence-electron chi connectivity index (χ2n) is 10.0. The van der Waals surface area contributed by atoms with Crippen LogP contribution in [0.25, 0.3) is 11.1 Å². The Bertz CT molecular complexity index is 1130. The van der Waals surface area contributed by atoms with Gasteiger partial charge in [0, 0.05) is 31.3 Å². The number of thiazole rings is 1. The maximum absolute atomic E-state index is 13.1. The highest BCUT2D eigenvalue weighted by atomic mass is 32.1. The molecule has 0 radical (unpaired) electrons. The number of Topliss-reactive ketones (excluding diaryl/α,β-unsaturated/α-hetero) is 1. The van der Waals surface area contributed by atoms with Gasteiger partial charge in [-0.15, -0.1) is 0 Å². The number of carbonyl (C=O) groups is 1. The van der Waals surface area contributed by atoms with E-state index in [0.717, 1.165) is 81.2 Å². The number of ether oxygens (including phenoxy) is 1. The predicted molar refractivity (Wildman–Crippen MR) is 130 cm³/mol. The number of benzene rings is 1. The molecule has 2 aliphatic rings. The van der Waals surface area contributed by atoms with Gasteiger partial charge in [-0.1, -0.05) is 36.3 Å². The number of carbonyl (C=O) groups excluding carboxylic acids is 1. The number of hydrogen-bond acceptors (Lipinski definition) is 7. The van der Waals surface area contributed by atoms with E-state index in [1.54, 1.807) is 0 Å². The third-order valence-corrected chi connectivity index (χ3v) is 8.13. The van der Waals surface area contributed by atoms with Crippen molar-refractivity contribution < 1.29 is 22.7 Å². The molecule has 1 aromatic carbocycles. The van der Waals surface area contributed by atoms with Crippen molar-refractivity contribution >= 4 is 28.2 Å². The van der Waals surface area contributed by atoms with Gasteiger partial charge in [0.15, 0.2) is 12.2 Å². The quantitative estimate of drug-likeness (QED) is 0.327. The summed E-state index contributed by atoms with van der Waals surface area (Å²) in [4.78, 5) is 25.0. The monoisotopic (exact) mass is 503 g/mol. The zero-order valence-electron chi connectivity index (χ0n) is 20.0. The van der Waals surface area contributed by atoms with Crippen molar-refractivity contribution in [1.82, 2.24) is 14.9 Å². The molecule has 0 amide bonds. The molecule has 2 aromatic heterocycles. The first-order valence-electron chi connectivity index (χ1n) is 12.4. The molecule has 35 heavy (non-hydrogen) atoms. The molecule has 1 fully saturated rings. The molecule has 0 saturated heterocycles. The number of oxazole rings is 1. The zero-order valence-corrected chi connectivity index (χ0v) is 20.8. The Labute approximate surface area is 207 Å². The van der Waals surface area contributed by atoms with Gasteiger partial charge in [0.25, 0.3) is 17.0 Å². The van der Waals surface area contributed by atoms with Crippen molar-refractivity contribution in [3.8, 4) is 5.19 Å². The molecule has 1 saturated carbocycles. The van der Waals surface area contributed by atoms with Crippen LogP contribution in [0.4, 0.5) is 8.78 Å². The Kier molecular flexibility index (Phi) is 7.16. The van der Waals surface area contributed by atoms with Crippen molar-refractivity contribution in [2.24, 2.45) is 11.8 Å². The standard InChI is InChI=1S/C26H31F2N3O3S/c1-26(27,28)16-33-25-30-20-15-31(13-11-23(20)35-25)12-10-17-6-8-18(9-7-17)14-21(32)24-29-19-4-2-3-5-22(19)34-24/h2-5,17-18H,6-16H2,1H3. The predicted octanol–water partition coefficient (Wildman–Crippen LogP) is 6.15. The smallest absolute Gasteiger partial charge is 0.278 e. The van der Waals surface area contributed by atoms with E-state index in [2.05, 4.69) is 14.9 Å². The van der Waals surface area contributed by atoms with Crippen LogP contribution in [0.5, 0.6) is 5.19 Å². The normalized spacial score (nSPS) is 21.2. The summed E-state index contributed by atoms with van der Waals surface area (Å²) in [5.41, 5.74) is 2.36. The van der Waals surface area contributed by atoms with E-state index in [1.807, 2.05) is 24.3 Å². The highest BCUT2D eigenvalue weighted by Crippen LogP contribution is 2.35. The number of para-hydroxylation sites is 2. The van der Waals surface area contributed by atoms with Gasteiger partial charge < -0.3 is 9.15 Å². The van der Waals surface area contributed by atoms with Crippen LogP contribution in [0.1, 0.15) is 66.7 Å². The first-order chi connectivity index (χ1) is 16.8. The summed E-state index contributed by atoms with van der Waals surface area (Å²) in [6.07, 6.45) is 6.95. The molecule has 6 nitrogen and oxygen atoms in total. The van der Waals surface area contributed by atoms with Gasteiger partial charge in [-0.05, 0) is 56.2 Å². The summed E-state index contributed by atoms with van der Waals surface area (Å²) < 4.78 is 37.0. The number of aromatic nitrogens is 2. The van der Waals surface area contributed by atoms with E-state index in [9.17, 15) is 13.6 Å². The lowest BCUT2D eigenvalue weighted by atomic mass is 9.78. The molecule has 188 valence electrons. The Morgan fingerprint density at radius 3 is 2.74 bits per heavy atom. The Balaban J connectivity index is 1.04. The number of nitrogens with zero attached hydrogens (tertiary/aromatic N) is 3. The van der Waals surface area contributed by atoms with Crippen LogP contribution in [0.2, 0.25) is 0 Å². The summed E-state index contributed by atoms with van der Waals surface area (Å²) >= 11 is 1.40. The van der Waals surface area contributed by atoms with Gasteiger partial charge in [-0.3, -0.25) is 9.69 Å². The zero-order chi connectivity index (χ0) is 24.4. The highest BCUT2D eigenvalue weighted by molar-refractivity contribution is 7.13. The van der Waals surface area contributed by atoms with Gasteiger partial charge in [-0.25, -0.2) is 18.7 Å². The van der Waals surface area contributed by atoms with Crippen LogP contribution in [0.3, 0.4) is 0 Å². The lowest BCUT2D eigenvalue weighted by molar-refractivity contribution is -0.0230. The number of halogens is 2. The molecule has 0 spiro atoms. The molecule has 5 rings (SSSR count). The molecule has 0 atom stereocenters. The molecular formula is C26H31F2N3O3S. The minimum Gasteiger partial charge on any atom is -0.464 e. The molecule has 0 N–H and O–H groups in total. The van der Waals surface area contributed by atoms with Crippen molar-refractivity contribution in [2.45, 2.75) is 64.3 Å². The SMILES string of the molecule is CC(F)(F)COc1nc2c(s1)CCN(CCC1CCC(CC(=O)c3nc4ccccc4o3)CC1)C2. The first kappa shape index (κ1) is 24.3. The van der Waals surface area contributed by atoms with Crippen molar-refractivity contribution in [3.05, 3.63) is 40.7 Å². The van der Waals surface area contributed by atoms with Gasteiger partial charge in [0.1, 0.15) is 5.52 Å². The van der Waals surface area contributed by atoms with Crippen LogP contribution in [-0.4, -0.2) is 46.3 Å². The van der Waals surface area contributed by atoms with Crippen molar-refractivity contribution in [3.63, 3.8) is 0 Å². The Hall–Kier alpha value is -2.39. The van der Waals surface area contributed by atoms with Crippen LogP contribution in [0.15, 0.2) is 28.7 Å². The third kappa shape index (κ3) is 6.25. The summed E-state index contributed by atoms with van der Waals surface area (Å²) in [6, 6.07) is 7.47. The number of rotatable bonds is 9. The molecule has 0 unspecified atom stereocenters. The molecule has 1 aliphatic heterocycles. The maximum Gasteiger partial charge on any atom is 0.278 e. The lowest BCUT2D eigenvalue weighted by Crippen LogP contribution is -2.32. The average Bonchev–Trinajstić information content (AvgIpc) is 3.45. The molecule has 3 aromatic rings. The van der Waals surface area contributed by atoms with E-state index in [1.165, 1.54) is 11.3 Å². The topological polar surface area (TPSA) is 68.5 Å². The Morgan fingerprint density at radius 1 is 1.20 bits per heavy atom. The first-order valence-corrected chi connectivity index (χ1v) is 13.2. The number of alkyl halides is 2. The third-order valence-electron chi connectivity index (χ3n) is 7.06. The van der Waals surface area contributed by atoms with Crippen LogP contribution in [0, 0.1) is 11.8 Å². The van der Waals surface area contributed by atoms with E-state index in [-0.39, 0.29) is 11.7 Å². The fourth-order valence-corrected chi connectivity index (χ4v) is 6.01. The number of fused-ring (bicyclic) bond motifs is 2. The fourth-order valence-electron chi connectivity index (χ4n) is 5.10. The minimum absolute atomic E-state index is 0.00281. The molecule has 0 bridgehead atoms. The van der Waals surface area contributed by atoms with Gasteiger partial charge in [-0.2, -0.15) is 0 Å². The number of hydrogen-bond donors (Lipinski definition) is 0. The van der Waals surface area contributed by atoms with Gasteiger partial charge >= 0.3 is 0 Å². The van der Waals surface area contributed by atoms with Crippen LogP contribution in [-0.2, 0) is 13.0 Å². The van der Waals surface area contributed by atoms with E-state index in [4.69, 9.17) is 9.15 Å². The van der Waals surface area contributed by atoms with Crippen LogP contribution >= 0.6 is 11.3 Å². The van der Waals surface area contributed by atoms with Gasteiger partial charge in [0.05, 0.1) is 5.69 Å². The second kappa shape index (κ2) is 10.3. The summed E-state index contributed by atoms with van der Waals surface area (Å²) in [5, 5.41) is 0.351. The number of ketones is 1. The van der Waals surface area contributed by atoms with Crippen LogP contribution < -0.4 is 4.74 Å². The molecular weight excluding hydrogens is 472 g/mol. The van der Waals surface area contributed by atoms with Gasteiger partial charge in [0.2, 0.25) is 5.78 Å². The Morgan fingerprint density at radius 2 is 1.97 bits per heavy atom. The van der Waals surface area contributed by atoms with E-state index in [0.29, 0.717) is 29.0 Å². The molecule has 9 heteroatoms. The summed E-state index contributed by atoms with van der Waals surface area (Å²) in [5.74, 6) is -1.54. The summed E-state index contributed by atoms with van der Waals surface area (Å²) in [6.45, 7) is 2.95. The lowest BCUT2D eigenvalue weighted by Gasteiger charge is -2.31. The van der Waals surface area contributed by atoms with E-state index < -0.39 is 12.5 Å². The average molecular weight is 504 g/mol. The molecule has 1 aliphatic carbocycles. The largest absolute Gasteiger partial charge is 0.464 e. The molecule has 3 heterocycles. The van der Waals surface area contributed by atoms with E-state index >= 15 is 0 Å². The minimum atomic E-state index is -2.85. The summed E-state index contributed by atoms with van der Waals surface area (Å²) in [7, 11) is 0. The van der Waals surface area contributed by atoms with Crippen molar-refractivity contribution in [1.29, 1.82) is 0 Å². The fraction of sp³-hybridized carbons (Fsp3) is 0.577. The second-order valence-corrected chi connectivity index (χ2v) is 11.1. The van der Waals surface area contributed by atoms with Crippen molar-refractivity contribution in [2.75, 3.05) is 19.7 Å². The maximum atomic E-state index is 13.1.